The lowest BCUT2D eigenvalue weighted by molar-refractivity contribution is -0.129. The number of likely N-dealkylation sites (N-methyl/N-ethyl adjacent to an activating group) is 1. The van der Waals surface area contributed by atoms with Crippen LogP contribution >= 0.6 is 0 Å². The number of hydrogen-bond donors (Lipinski definition) is 1. The normalized spacial score (nSPS) is 31.9. The van der Waals surface area contributed by atoms with Crippen molar-refractivity contribution < 1.29 is 4.79 Å². The molecular formula is C12H15N3O. The second-order valence-electron chi connectivity index (χ2n) is 4.90. The summed E-state index contributed by atoms with van der Waals surface area (Å²) in [4.78, 5) is 13.8. The van der Waals surface area contributed by atoms with E-state index in [0.29, 0.717) is 6.42 Å². The van der Waals surface area contributed by atoms with E-state index in [1.807, 2.05) is 19.2 Å². The quantitative estimate of drug-likeness (QED) is 0.517. The molecule has 0 aliphatic carbocycles. The summed E-state index contributed by atoms with van der Waals surface area (Å²) in [5.41, 5.74) is 2.23. The predicted molar refractivity (Wildman–Crippen MR) is 61.6 cm³/mol. The average molecular weight is 217 g/mol. The molecule has 84 valence electrons. The van der Waals surface area contributed by atoms with E-state index in [9.17, 15) is 4.79 Å². The van der Waals surface area contributed by atoms with Crippen LogP contribution in [0.1, 0.15) is 18.9 Å². The van der Waals surface area contributed by atoms with Crippen LogP contribution in [0.5, 0.6) is 0 Å². The topological polar surface area (TPSA) is 49.6 Å². The number of rotatable bonds is 0. The fraction of sp³-hybridized carbons (Fsp3) is 0.417. The number of carbonyl (C=O) groups is 1. The summed E-state index contributed by atoms with van der Waals surface area (Å²) in [5, 5.41) is 1.38. The lowest BCUT2D eigenvalue weighted by Crippen LogP contribution is -2.51. The van der Waals surface area contributed by atoms with Crippen molar-refractivity contribution in [3.8, 4) is 0 Å². The van der Waals surface area contributed by atoms with Crippen molar-refractivity contribution in [1.82, 2.24) is 5.01 Å². The molecule has 0 bridgehead atoms. The first-order valence-corrected chi connectivity index (χ1v) is 5.45. The Balaban J connectivity index is 2.21. The highest BCUT2D eigenvalue weighted by Crippen LogP contribution is 2.50. The fourth-order valence-electron chi connectivity index (χ4n) is 3.18. The second kappa shape index (κ2) is 2.77. The first kappa shape index (κ1) is 9.66. The van der Waals surface area contributed by atoms with E-state index in [2.05, 4.69) is 24.0 Å². The molecule has 3 rings (SSSR count). The molecule has 1 aromatic carbocycles. The molecule has 0 aromatic heterocycles. The van der Waals surface area contributed by atoms with E-state index in [-0.39, 0.29) is 17.5 Å². The van der Waals surface area contributed by atoms with Crippen LogP contribution in [-0.4, -0.2) is 24.1 Å². The third kappa shape index (κ3) is 0.906. The van der Waals surface area contributed by atoms with Crippen molar-refractivity contribution in [3.05, 3.63) is 29.8 Å². The van der Waals surface area contributed by atoms with Crippen molar-refractivity contribution in [2.45, 2.75) is 24.9 Å². The highest BCUT2D eigenvalue weighted by atomic mass is 16.2. The van der Waals surface area contributed by atoms with Crippen molar-refractivity contribution >= 4 is 11.6 Å². The molecule has 0 radical (unpaired) electrons. The molecule has 2 aliphatic heterocycles. The number of nitrogens with two attached hydrogens (primary N) is 1. The van der Waals surface area contributed by atoms with Gasteiger partial charge in [-0.1, -0.05) is 25.1 Å². The maximum absolute atomic E-state index is 11.7. The molecule has 2 aliphatic rings. The Hall–Kier alpha value is -1.55. The van der Waals surface area contributed by atoms with E-state index >= 15 is 0 Å². The van der Waals surface area contributed by atoms with Gasteiger partial charge in [0.15, 0.2) is 0 Å². The Morgan fingerprint density at radius 2 is 2.12 bits per heavy atom. The maximum Gasteiger partial charge on any atom is 0.239 e. The summed E-state index contributed by atoms with van der Waals surface area (Å²) < 4.78 is 0. The van der Waals surface area contributed by atoms with Crippen LogP contribution in [0.2, 0.25) is 0 Å². The van der Waals surface area contributed by atoms with Crippen LogP contribution in [-0.2, 0) is 10.2 Å². The van der Waals surface area contributed by atoms with Crippen LogP contribution in [0.25, 0.3) is 0 Å². The molecular weight excluding hydrogens is 202 g/mol. The van der Waals surface area contributed by atoms with E-state index in [4.69, 9.17) is 5.84 Å². The van der Waals surface area contributed by atoms with E-state index in [0.717, 1.165) is 0 Å². The van der Waals surface area contributed by atoms with Crippen molar-refractivity contribution in [2.24, 2.45) is 5.84 Å². The van der Waals surface area contributed by atoms with Gasteiger partial charge in [-0.25, -0.2) is 5.84 Å². The number of benzene rings is 1. The zero-order chi connectivity index (χ0) is 11.5. The fourth-order valence-corrected chi connectivity index (χ4v) is 3.18. The molecule has 2 heterocycles. The molecule has 2 atom stereocenters. The molecule has 16 heavy (non-hydrogen) atoms. The summed E-state index contributed by atoms with van der Waals surface area (Å²) in [6.07, 6.45) is 0.451. The number of hydrogen-bond acceptors (Lipinski definition) is 3. The van der Waals surface area contributed by atoms with Gasteiger partial charge in [-0.2, -0.15) is 0 Å². The minimum absolute atomic E-state index is 0.0221. The summed E-state index contributed by atoms with van der Waals surface area (Å²) in [6, 6.07) is 8.21. The number of hydrazine groups is 1. The largest absolute Gasteiger partial charge is 0.352 e. The Labute approximate surface area is 94.6 Å². The Kier molecular flexibility index (Phi) is 1.67. The summed E-state index contributed by atoms with van der Waals surface area (Å²) in [7, 11) is 1.99. The summed E-state index contributed by atoms with van der Waals surface area (Å²) in [6.45, 7) is 2.12. The smallest absolute Gasteiger partial charge is 0.239 e. The molecule has 0 saturated carbocycles. The van der Waals surface area contributed by atoms with Gasteiger partial charge in [0, 0.05) is 24.6 Å². The summed E-state index contributed by atoms with van der Waals surface area (Å²) >= 11 is 0. The molecule has 1 saturated heterocycles. The van der Waals surface area contributed by atoms with Crippen LogP contribution in [0.15, 0.2) is 24.3 Å². The number of amides is 1. The molecule has 0 spiro atoms. The predicted octanol–water partition coefficient (Wildman–Crippen LogP) is 0.826. The molecule has 1 amide bonds. The van der Waals surface area contributed by atoms with Gasteiger partial charge < -0.3 is 4.90 Å². The van der Waals surface area contributed by atoms with Crippen molar-refractivity contribution in [2.75, 3.05) is 11.9 Å². The van der Waals surface area contributed by atoms with Crippen LogP contribution in [0.3, 0.4) is 0 Å². The van der Waals surface area contributed by atoms with E-state index in [1.165, 1.54) is 16.3 Å². The standard InChI is InChI=1S/C12H15N3O/c1-12-7-10(16)15(13)11(12)14(2)9-6-4-3-5-8(9)12/h3-6,11H,7,13H2,1-2H3. The molecule has 2 N–H and O–H groups in total. The third-order valence-corrected chi connectivity index (χ3v) is 3.91. The molecule has 2 unspecified atom stereocenters. The Morgan fingerprint density at radius 3 is 2.88 bits per heavy atom. The molecule has 1 fully saturated rings. The minimum Gasteiger partial charge on any atom is -0.352 e. The number of anilines is 1. The van der Waals surface area contributed by atoms with Gasteiger partial charge in [-0.3, -0.25) is 9.80 Å². The average Bonchev–Trinajstić information content (AvgIpc) is 2.62. The molecule has 4 nitrogen and oxygen atoms in total. The van der Waals surface area contributed by atoms with Crippen molar-refractivity contribution in [3.63, 3.8) is 0 Å². The first-order valence-electron chi connectivity index (χ1n) is 5.45. The Bertz CT molecular complexity index is 473. The molecule has 1 aromatic rings. The molecule has 4 heteroatoms. The van der Waals surface area contributed by atoms with Gasteiger partial charge in [-0.15, -0.1) is 0 Å². The highest BCUT2D eigenvalue weighted by Gasteiger charge is 2.56. The van der Waals surface area contributed by atoms with Crippen molar-refractivity contribution in [1.29, 1.82) is 0 Å². The zero-order valence-corrected chi connectivity index (χ0v) is 9.47. The monoisotopic (exact) mass is 217 g/mol. The maximum atomic E-state index is 11.7. The lowest BCUT2D eigenvalue weighted by atomic mass is 9.81. The van der Waals surface area contributed by atoms with Gasteiger partial charge in [0.1, 0.15) is 6.17 Å². The number of carbonyl (C=O) groups excluding carboxylic acids is 1. The van der Waals surface area contributed by atoms with Gasteiger partial charge in [-0.05, 0) is 11.6 Å². The van der Waals surface area contributed by atoms with Gasteiger partial charge >= 0.3 is 0 Å². The van der Waals surface area contributed by atoms with E-state index in [1.54, 1.807) is 0 Å². The third-order valence-electron chi connectivity index (χ3n) is 3.91. The van der Waals surface area contributed by atoms with Crippen LogP contribution < -0.4 is 10.7 Å². The minimum atomic E-state index is -0.169. The number of fused-ring (bicyclic) bond motifs is 3. The second-order valence-corrected chi connectivity index (χ2v) is 4.90. The van der Waals surface area contributed by atoms with Gasteiger partial charge in [0.2, 0.25) is 5.91 Å². The number of nitrogens with zero attached hydrogens (tertiary/aromatic N) is 2. The highest BCUT2D eigenvalue weighted by molar-refractivity contribution is 5.85. The van der Waals surface area contributed by atoms with Gasteiger partial charge in [0.05, 0.1) is 0 Å². The van der Waals surface area contributed by atoms with E-state index < -0.39 is 0 Å². The summed E-state index contributed by atoms with van der Waals surface area (Å²) in [5.74, 6) is 5.88. The lowest BCUT2D eigenvalue weighted by Gasteiger charge is -2.31. The zero-order valence-electron chi connectivity index (χ0n) is 9.47. The van der Waals surface area contributed by atoms with Crippen LogP contribution in [0, 0.1) is 0 Å². The SMILES string of the molecule is CN1c2ccccc2C2(C)CC(=O)N(N)C12. The van der Waals surface area contributed by atoms with Gasteiger partial charge in [0.25, 0.3) is 0 Å². The van der Waals surface area contributed by atoms with Crippen LogP contribution in [0.4, 0.5) is 5.69 Å². The number of para-hydroxylation sites is 1. The first-order chi connectivity index (χ1) is 7.55. The Morgan fingerprint density at radius 1 is 1.44 bits per heavy atom.